The molecule has 2 aromatic rings. The molecule has 0 spiro atoms. The molecular formula is C20H11F3InNO2S. The maximum atomic E-state index is 13.0. The van der Waals surface area contributed by atoms with Gasteiger partial charge in [0.15, 0.2) is 0 Å². The number of imide groups is 1. The van der Waals surface area contributed by atoms with Crippen molar-refractivity contribution in [1.82, 2.24) is 5.32 Å². The first-order chi connectivity index (χ1) is 13.3. The molecule has 8 heteroatoms. The Morgan fingerprint density at radius 3 is 2.50 bits per heavy atom. The number of hydrogen-bond acceptors (Lipinski definition) is 3. The van der Waals surface area contributed by atoms with Crippen molar-refractivity contribution in [2.45, 2.75) is 12.6 Å². The van der Waals surface area contributed by atoms with Gasteiger partial charge < -0.3 is 0 Å². The summed E-state index contributed by atoms with van der Waals surface area (Å²) in [6, 6.07) is 13.4. The van der Waals surface area contributed by atoms with Crippen LogP contribution in [0, 0.1) is 0 Å². The Kier molecular flexibility index (Phi) is 4.07. The van der Waals surface area contributed by atoms with Gasteiger partial charge in [-0.15, -0.1) is 0 Å². The fraction of sp³-hybridized carbons (Fsp3) is 0.100. The van der Waals surface area contributed by atoms with Crippen LogP contribution in [0.3, 0.4) is 0 Å². The minimum atomic E-state index is -4.37. The van der Waals surface area contributed by atoms with Crippen LogP contribution in [0.1, 0.15) is 16.7 Å². The molecule has 2 amide bonds. The van der Waals surface area contributed by atoms with E-state index in [0.29, 0.717) is 16.9 Å². The van der Waals surface area contributed by atoms with E-state index in [-0.39, 0.29) is 11.1 Å². The molecule has 0 aromatic heterocycles. The van der Waals surface area contributed by atoms with Crippen LogP contribution in [0.2, 0.25) is 0 Å². The summed E-state index contributed by atoms with van der Waals surface area (Å²) in [5.74, 6) is -0.352. The van der Waals surface area contributed by atoms with E-state index in [0.717, 1.165) is 32.3 Å². The van der Waals surface area contributed by atoms with E-state index in [9.17, 15) is 22.8 Å². The molecule has 4 aliphatic heterocycles. The summed E-state index contributed by atoms with van der Waals surface area (Å²) in [6.07, 6.45) is -3.91. The first-order valence-electron chi connectivity index (χ1n) is 8.61. The van der Waals surface area contributed by atoms with Gasteiger partial charge >= 0.3 is 171 Å². The van der Waals surface area contributed by atoms with E-state index in [1.54, 1.807) is 6.07 Å². The van der Waals surface area contributed by atoms with Crippen molar-refractivity contribution in [3.05, 3.63) is 76.8 Å². The molecule has 4 aliphatic rings. The predicted molar refractivity (Wildman–Crippen MR) is 102 cm³/mol. The molecule has 1 fully saturated rings. The van der Waals surface area contributed by atoms with Gasteiger partial charge in [-0.3, -0.25) is 0 Å². The molecule has 4 heterocycles. The first kappa shape index (κ1) is 18.1. The van der Waals surface area contributed by atoms with Crippen LogP contribution in [0.25, 0.3) is 5.57 Å². The van der Waals surface area contributed by atoms with Crippen molar-refractivity contribution < 1.29 is 22.8 Å². The van der Waals surface area contributed by atoms with Crippen LogP contribution in [0.4, 0.5) is 18.0 Å². The van der Waals surface area contributed by atoms with Gasteiger partial charge in [-0.05, 0) is 0 Å². The van der Waals surface area contributed by atoms with Gasteiger partial charge in [0, 0.05) is 0 Å². The first-order valence-corrected chi connectivity index (χ1v) is 14.4. The third-order valence-corrected chi connectivity index (χ3v) is 16.7. The van der Waals surface area contributed by atoms with Crippen LogP contribution >= 0.6 is 11.8 Å². The Bertz CT molecular complexity index is 1140. The van der Waals surface area contributed by atoms with Crippen molar-refractivity contribution in [2.75, 3.05) is 0 Å². The second kappa shape index (κ2) is 6.29. The van der Waals surface area contributed by atoms with Gasteiger partial charge in [-0.25, -0.2) is 0 Å². The zero-order valence-electron chi connectivity index (χ0n) is 14.3. The molecule has 3 nitrogen and oxygen atoms in total. The number of allylic oxidation sites excluding steroid dienone is 3. The van der Waals surface area contributed by atoms with Gasteiger partial charge in [0.2, 0.25) is 0 Å². The van der Waals surface area contributed by atoms with Crippen molar-refractivity contribution >= 4 is 53.2 Å². The molecule has 28 heavy (non-hydrogen) atoms. The molecular weight excluding hydrogens is 490 g/mol. The Hall–Kier alpha value is -1.93. The molecule has 1 N–H and O–H groups in total. The van der Waals surface area contributed by atoms with Crippen molar-refractivity contribution in [3.63, 3.8) is 0 Å². The van der Waals surface area contributed by atoms with Crippen LogP contribution in [-0.2, 0) is 17.4 Å². The molecule has 0 unspecified atom stereocenters. The summed E-state index contributed by atoms with van der Waals surface area (Å²) >= 11 is -1.76. The number of carbonyl (C=O) groups is 2. The number of halogens is 3. The van der Waals surface area contributed by atoms with Gasteiger partial charge in [0.25, 0.3) is 0 Å². The van der Waals surface area contributed by atoms with Crippen molar-refractivity contribution in [2.24, 2.45) is 0 Å². The monoisotopic (exact) mass is 501 g/mol. The molecule has 0 saturated carbocycles. The Morgan fingerprint density at radius 2 is 1.82 bits per heavy atom. The number of benzene rings is 2. The molecule has 2 aromatic carbocycles. The molecule has 2 bridgehead atoms. The molecule has 0 atom stereocenters. The number of hydrogen-bond donors (Lipinski definition) is 1. The van der Waals surface area contributed by atoms with Gasteiger partial charge in [-0.2, -0.15) is 0 Å². The molecule has 138 valence electrons. The van der Waals surface area contributed by atoms with E-state index < -0.39 is 33.2 Å². The SMILES string of the molecule is O=C1NC(=O)/C(=[C]2\C3=[C](Cc4cccc(C(F)(F)F)c4)[In]2[c]2ccccc23)S1. The van der Waals surface area contributed by atoms with Crippen LogP contribution in [-0.4, -0.2) is 32.6 Å². The summed E-state index contributed by atoms with van der Waals surface area (Å²) in [6.45, 7) is 0. The van der Waals surface area contributed by atoms with Gasteiger partial charge in [-0.1, -0.05) is 0 Å². The summed E-state index contributed by atoms with van der Waals surface area (Å²) in [5, 5.41) is 1.95. The third kappa shape index (κ3) is 2.69. The zero-order valence-corrected chi connectivity index (χ0v) is 18.4. The number of amides is 2. The zero-order chi connectivity index (χ0) is 19.6. The number of nitrogens with one attached hydrogen (secondary N) is 1. The van der Waals surface area contributed by atoms with Crippen LogP contribution in [0.5, 0.6) is 0 Å². The number of alkyl halides is 3. The number of carbonyl (C=O) groups excluding carboxylic acids is 2. The van der Waals surface area contributed by atoms with E-state index in [2.05, 4.69) is 11.4 Å². The second-order valence-electron chi connectivity index (χ2n) is 6.88. The average molecular weight is 501 g/mol. The third-order valence-electron chi connectivity index (χ3n) is 5.28. The molecule has 0 aliphatic carbocycles. The normalized spacial score (nSPS) is 20.5. The molecule has 0 radical (unpaired) electrons. The fourth-order valence-corrected chi connectivity index (χ4v) is 16.8. The fourth-order valence-electron chi connectivity index (χ4n) is 4.20. The number of thioether (sulfide) groups is 1. The van der Waals surface area contributed by atoms with Crippen LogP contribution in [0.15, 0.2) is 60.1 Å². The summed E-state index contributed by atoms with van der Waals surface area (Å²) in [4.78, 5) is 24.3. The summed E-state index contributed by atoms with van der Waals surface area (Å²) in [7, 11) is 0. The second-order valence-corrected chi connectivity index (χ2v) is 15.7. The number of rotatable bonds is 2. The minimum absolute atomic E-state index is 0.352. The van der Waals surface area contributed by atoms with E-state index in [1.165, 1.54) is 18.8 Å². The van der Waals surface area contributed by atoms with E-state index in [4.69, 9.17) is 0 Å². The standard InChI is InChI=1S/C20H11F3NO2S.In/c21-20(22,23)16-8-4-5-13(11-16)9-10-15(14-6-2-1-3-7-14)12-17-18(25)24-19(26)27-17;/h1-6,8,11H,9H2,(H,24,25,26);. The van der Waals surface area contributed by atoms with Gasteiger partial charge in [0.1, 0.15) is 0 Å². The van der Waals surface area contributed by atoms with Gasteiger partial charge in [0.05, 0.1) is 0 Å². The van der Waals surface area contributed by atoms with Crippen molar-refractivity contribution in [3.8, 4) is 0 Å². The van der Waals surface area contributed by atoms with Crippen LogP contribution < -0.4 is 8.64 Å². The van der Waals surface area contributed by atoms with E-state index >= 15 is 0 Å². The summed E-state index contributed by atoms with van der Waals surface area (Å²) < 4.78 is 42.6. The quantitative estimate of drug-likeness (QED) is 0.639. The Balaban J connectivity index is 1.59. The topological polar surface area (TPSA) is 46.2 Å². The van der Waals surface area contributed by atoms with E-state index in [1.807, 2.05) is 18.2 Å². The predicted octanol–water partition coefficient (Wildman–Crippen LogP) is 3.75. The molecule has 1 saturated heterocycles. The average Bonchev–Trinajstić information content (AvgIpc) is 3.26. The molecule has 6 rings (SSSR count). The summed E-state index contributed by atoms with van der Waals surface area (Å²) in [5.41, 5.74) is 2.05. The Morgan fingerprint density at radius 1 is 1.04 bits per heavy atom. The Labute approximate surface area is 170 Å². The maximum absolute atomic E-state index is 13.0. The van der Waals surface area contributed by atoms with Crippen molar-refractivity contribution in [1.29, 1.82) is 0 Å².